The molecule has 0 amide bonds. The van der Waals surface area contributed by atoms with Gasteiger partial charge in [0.15, 0.2) is 9.84 Å². The summed E-state index contributed by atoms with van der Waals surface area (Å²) in [5, 5.41) is 3.41. The SMILES string of the molecule is COc1cc(C2(C)CCCN2)c(S(C)(=O)=O)cc1C. The van der Waals surface area contributed by atoms with E-state index in [9.17, 15) is 8.42 Å². The lowest BCUT2D eigenvalue weighted by molar-refractivity contribution is 0.397. The van der Waals surface area contributed by atoms with E-state index in [1.165, 1.54) is 6.26 Å². The molecular formula is C14H21NO3S. The van der Waals surface area contributed by atoms with Gasteiger partial charge in [0, 0.05) is 11.8 Å². The van der Waals surface area contributed by atoms with E-state index in [1.807, 2.05) is 13.0 Å². The van der Waals surface area contributed by atoms with Crippen molar-refractivity contribution in [2.24, 2.45) is 0 Å². The average Bonchev–Trinajstić information content (AvgIpc) is 2.75. The van der Waals surface area contributed by atoms with E-state index in [0.717, 1.165) is 36.3 Å². The summed E-state index contributed by atoms with van der Waals surface area (Å²) in [5.41, 5.74) is 1.36. The molecular weight excluding hydrogens is 262 g/mol. The lowest BCUT2D eigenvalue weighted by Gasteiger charge is -2.28. The number of ether oxygens (including phenoxy) is 1. The van der Waals surface area contributed by atoms with Crippen molar-refractivity contribution in [2.45, 2.75) is 37.1 Å². The third kappa shape index (κ3) is 2.62. The zero-order valence-corrected chi connectivity index (χ0v) is 12.7. The Hall–Kier alpha value is -1.07. The summed E-state index contributed by atoms with van der Waals surface area (Å²) in [6.07, 6.45) is 3.24. The minimum absolute atomic E-state index is 0.292. The van der Waals surface area contributed by atoms with Crippen molar-refractivity contribution in [2.75, 3.05) is 19.9 Å². The van der Waals surface area contributed by atoms with Crippen LogP contribution in [0.3, 0.4) is 0 Å². The average molecular weight is 283 g/mol. The highest BCUT2D eigenvalue weighted by atomic mass is 32.2. The molecule has 1 aliphatic heterocycles. The molecule has 1 heterocycles. The largest absolute Gasteiger partial charge is 0.496 e. The van der Waals surface area contributed by atoms with Crippen LogP contribution in [0.4, 0.5) is 0 Å². The van der Waals surface area contributed by atoms with Crippen molar-refractivity contribution in [1.29, 1.82) is 0 Å². The Bertz CT molecular complexity index is 587. The molecule has 0 aromatic heterocycles. The fourth-order valence-electron chi connectivity index (χ4n) is 2.74. The molecule has 0 aliphatic carbocycles. The minimum Gasteiger partial charge on any atom is -0.496 e. The van der Waals surface area contributed by atoms with Crippen molar-refractivity contribution < 1.29 is 13.2 Å². The molecule has 0 radical (unpaired) electrons. The summed E-state index contributed by atoms with van der Waals surface area (Å²) < 4.78 is 29.4. The monoisotopic (exact) mass is 283 g/mol. The molecule has 19 heavy (non-hydrogen) atoms. The first-order valence-electron chi connectivity index (χ1n) is 6.42. The van der Waals surface area contributed by atoms with Gasteiger partial charge in [-0.05, 0) is 56.5 Å². The minimum atomic E-state index is -3.25. The van der Waals surface area contributed by atoms with Crippen molar-refractivity contribution >= 4 is 9.84 Å². The summed E-state index contributed by atoms with van der Waals surface area (Å²) in [6.45, 7) is 4.83. The summed E-state index contributed by atoms with van der Waals surface area (Å²) in [6, 6.07) is 3.58. The van der Waals surface area contributed by atoms with Gasteiger partial charge in [-0.15, -0.1) is 0 Å². The van der Waals surface area contributed by atoms with Crippen LogP contribution >= 0.6 is 0 Å². The van der Waals surface area contributed by atoms with Gasteiger partial charge < -0.3 is 10.1 Å². The Labute approximate surface area is 115 Å². The topological polar surface area (TPSA) is 55.4 Å². The van der Waals surface area contributed by atoms with Crippen LogP contribution in [0.25, 0.3) is 0 Å². The maximum absolute atomic E-state index is 12.0. The lowest BCUT2D eigenvalue weighted by Crippen LogP contribution is -2.34. The number of hydrogen-bond donors (Lipinski definition) is 1. The van der Waals surface area contributed by atoms with Crippen LogP contribution in [-0.4, -0.2) is 28.3 Å². The first-order valence-corrected chi connectivity index (χ1v) is 8.31. The fraction of sp³-hybridized carbons (Fsp3) is 0.571. The zero-order chi connectivity index (χ0) is 14.3. The van der Waals surface area contributed by atoms with E-state index in [2.05, 4.69) is 12.2 Å². The Kier molecular flexibility index (Phi) is 3.62. The molecule has 1 saturated heterocycles. The molecule has 1 aliphatic rings. The van der Waals surface area contributed by atoms with Gasteiger partial charge in [-0.3, -0.25) is 0 Å². The third-order valence-electron chi connectivity index (χ3n) is 3.86. The second-order valence-corrected chi connectivity index (χ2v) is 7.44. The van der Waals surface area contributed by atoms with Crippen LogP contribution in [0.1, 0.15) is 30.9 Å². The molecule has 2 rings (SSSR count). The highest BCUT2D eigenvalue weighted by molar-refractivity contribution is 7.90. The number of methoxy groups -OCH3 is 1. The van der Waals surface area contributed by atoms with E-state index in [1.54, 1.807) is 13.2 Å². The van der Waals surface area contributed by atoms with Crippen molar-refractivity contribution in [1.82, 2.24) is 5.32 Å². The van der Waals surface area contributed by atoms with Crippen molar-refractivity contribution in [3.8, 4) is 5.75 Å². The summed E-state index contributed by atoms with van der Waals surface area (Å²) in [5.74, 6) is 0.734. The standard InChI is InChI=1S/C14H21NO3S/c1-10-8-13(19(4,16)17)11(9-12(10)18-3)14(2)6-5-7-15-14/h8-9,15H,5-7H2,1-4H3. The van der Waals surface area contributed by atoms with Crippen LogP contribution in [0.5, 0.6) is 5.75 Å². The molecule has 1 atom stereocenters. The molecule has 5 heteroatoms. The Morgan fingerprint density at radius 1 is 1.37 bits per heavy atom. The van der Waals surface area contributed by atoms with Gasteiger partial charge >= 0.3 is 0 Å². The summed E-state index contributed by atoms with van der Waals surface area (Å²) >= 11 is 0. The highest BCUT2D eigenvalue weighted by Crippen LogP contribution is 2.37. The second-order valence-electron chi connectivity index (χ2n) is 5.45. The van der Waals surface area contributed by atoms with E-state index < -0.39 is 9.84 Å². The fourth-order valence-corrected chi connectivity index (χ4v) is 3.82. The quantitative estimate of drug-likeness (QED) is 0.922. The molecule has 0 saturated carbocycles. The predicted octanol–water partition coefficient (Wildman–Crippen LogP) is 2.01. The van der Waals surface area contributed by atoms with Crippen LogP contribution in [0.15, 0.2) is 17.0 Å². The van der Waals surface area contributed by atoms with E-state index in [-0.39, 0.29) is 5.54 Å². The third-order valence-corrected chi connectivity index (χ3v) is 5.00. The number of rotatable bonds is 3. The van der Waals surface area contributed by atoms with Gasteiger partial charge in [0.1, 0.15) is 5.75 Å². The van der Waals surface area contributed by atoms with Crippen molar-refractivity contribution in [3.05, 3.63) is 23.3 Å². The second kappa shape index (κ2) is 4.80. The Balaban J connectivity index is 2.69. The number of aryl methyl sites for hydroxylation is 1. The van der Waals surface area contributed by atoms with Crippen LogP contribution < -0.4 is 10.1 Å². The van der Waals surface area contributed by atoms with E-state index in [4.69, 9.17) is 4.74 Å². The van der Waals surface area contributed by atoms with Gasteiger partial charge in [-0.2, -0.15) is 0 Å². The highest BCUT2D eigenvalue weighted by Gasteiger charge is 2.34. The van der Waals surface area contributed by atoms with Gasteiger partial charge in [-0.25, -0.2) is 8.42 Å². The molecule has 0 bridgehead atoms. The van der Waals surface area contributed by atoms with Gasteiger partial charge in [0.05, 0.1) is 12.0 Å². The number of sulfone groups is 1. The molecule has 1 aromatic carbocycles. The molecule has 1 fully saturated rings. The molecule has 1 N–H and O–H groups in total. The number of hydrogen-bond acceptors (Lipinski definition) is 4. The van der Waals surface area contributed by atoms with Crippen LogP contribution in [0.2, 0.25) is 0 Å². The van der Waals surface area contributed by atoms with E-state index >= 15 is 0 Å². The van der Waals surface area contributed by atoms with Gasteiger partial charge in [0.2, 0.25) is 0 Å². The summed E-state index contributed by atoms with van der Waals surface area (Å²) in [7, 11) is -1.64. The van der Waals surface area contributed by atoms with E-state index in [0.29, 0.717) is 4.90 Å². The van der Waals surface area contributed by atoms with Crippen LogP contribution in [0, 0.1) is 6.92 Å². The number of nitrogens with one attached hydrogen (secondary N) is 1. The van der Waals surface area contributed by atoms with Gasteiger partial charge in [-0.1, -0.05) is 0 Å². The van der Waals surface area contributed by atoms with Crippen molar-refractivity contribution in [3.63, 3.8) is 0 Å². The number of benzene rings is 1. The maximum atomic E-state index is 12.0. The van der Waals surface area contributed by atoms with Crippen LogP contribution in [-0.2, 0) is 15.4 Å². The zero-order valence-electron chi connectivity index (χ0n) is 11.9. The maximum Gasteiger partial charge on any atom is 0.175 e. The Morgan fingerprint density at radius 3 is 2.53 bits per heavy atom. The summed E-state index contributed by atoms with van der Waals surface area (Å²) in [4.78, 5) is 0.405. The molecule has 106 valence electrons. The van der Waals surface area contributed by atoms with Gasteiger partial charge in [0.25, 0.3) is 0 Å². The Morgan fingerprint density at radius 2 is 2.05 bits per heavy atom. The molecule has 0 spiro atoms. The first-order chi connectivity index (χ1) is 8.78. The first kappa shape index (κ1) is 14.3. The smallest absolute Gasteiger partial charge is 0.175 e. The molecule has 4 nitrogen and oxygen atoms in total. The predicted molar refractivity (Wildman–Crippen MR) is 75.4 cm³/mol. The normalized spacial score (nSPS) is 23.6. The lowest BCUT2D eigenvalue weighted by atomic mass is 9.89. The molecule has 1 unspecified atom stereocenters. The molecule has 1 aromatic rings.